The first-order valence-electron chi connectivity index (χ1n) is 3.25. The summed E-state index contributed by atoms with van der Waals surface area (Å²) in [6.45, 7) is 2.13. The molecular weight excluding hydrogens is 231 g/mol. The van der Waals surface area contributed by atoms with Crippen LogP contribution in [0.25, 0.3) is 0 Å². The third-order valence-electron chi connectivity index (χ3n) is 2.02. The van der Waals surface area contributed by atoms with Crippen LogP contribution in [0.4, 0.5) is 0 Å². The molecule has 0 spiro atoms. The quantitative estimate of drug-likeness (QED) is 0.337. The molecule has 0 saturated carbocycles. The van der Waals surface area contributed by atoms with Crippen LogP contribution in [-0.4, -0.2) is 28.9 Å². The Morgan fingerprint density at radius 2 is 1.92 bits per heavy atom. The van der Waals surface area contributed by atoms with Gasteiger partial charge in [-0.2, -0.15) is 0 Å². The summed E-state index contributed by atoms with van der Waals surface area (Å²) in [5.74, 6) is 0.710. The molecule has 0 aliphatic carbocycles. The van der Waals surface area contributed by atoms with Crippen LogP contribution in [0.15, 0.2) is 0 Å². The molecule has 13 heavy (non-hydrogen) atoms. The van der Waals surface area contributed by atoms with Gasteiger partial charge in [-0.05, 0) is 21.6 Å². The smallest absolute Gasteiger partial charge is 0.809 e. The molecule has 0 radical (unpaired) electrons. The topological polar surface area (TPSA) is 66.4 Å². The second-order valence-electron chi connectivity index (χ2n) is 2.70. The average molecular weight is 241 g/mol. The molecule has 1 atom stereocenters. The predicted octanol–water partition coefficient (Wildman–Crippen LogP) is -6.74. The molecule has 0 aromatic heterocycles. The van der Waals surface area contributed by atoms with E-state index in [0.717, 1.165) is 0 Å². The normalized spacial score (nSPS) is 29.2. The molecule has 4 nitrogen and oxygen atoms in total. The number of rotatable bonds is 1. The van der Waals surface area contributed by atoms with E-state index in [4.69, 9.17) is 0 Å². The average Bonchev–Trinajstić information content (AvgIpc) is 2.12. The summed E-state index contributed by atoms with van der Waals surface area (Å²) in [5.41, 5.74) is 0. The van der Waals surface area contributed by atoms with Crippen LogP contribution in [0.5, 0.6) is 0 Å². The van der Waals surface area contributed by atoms with E-state index in [1.165, 1.54) is 18.7 Å². The largest absolute Gasteiger partial charge is 1.00 e. The van der Waals surface area contributed by atoms with Gasteiger partial charge >= 0.3 is 59.1 Å². The summed E-state index contributed by atoms with van der Waals surface area (Å²) in [6.07, 6.45) is 0. The molecule has 1 unspecified atom stereocenters. The Kier molecular flexibility index (Phi) is 8.59. The maximum absolute atomic E-state index is 10.8. The number of thioether (sulfide) groups is 1. The van der Waals surface area contributed by atoms with E-state index in [-0.39, 0.29) is 59.1 Å². The first kappa shape index (κ1) is 17.8. The fourth-order valence-corrected chi connectivity index (χ4v) is 3.47. The van der Waals surface area contributed by atoms with Crippen molar-refractivity contribution in [3.8, 4) is 0 Å². The van der Waals surface area contributed by atoms with E-state index < -0.39 is 12.2 Å². The third-order valence-corrected chi connectivity index (χ3v) is 5.68. The molecule has 8 heteroatoms. The maximum atomic E-state index is 10.8. The van der Waals surface area contributed by atoms with Gasteiger partial charge in [-0.3, -0.25) is 4.90 Å². The molecule has 1 saturated heterocycles. The van der Waals surface area contributed by atoms with Crippen LogP contribution < -0.4 is 68.9 Å². The Morgan fingerprint density at radius 3 is 2.08 bits per heavy atom. The Bertz CT molecular complexity index is 214. The van der Waals surface area contributed by atoms with Crippen LogP contribution in [-0.2, 0) is 4.57 Å². The molecular formula is C5H10NNa2O3PS. The van der Waals surface area contributed by atoms with Gasteiger partial charge in [-0.15, -0.1) is 11.8 Å². The molecule has 1 heterocycles. The second-order valence-corrected chi connectivity index (χ2v) is 6.36. The second kappa shape index (κ2) is 6.26. The minimum atomic E-state index is -4.49. The number of nitrogens with zero attached hydrogens (tertiary/aromatic N) is 1. The van der Waals surface area contributed by atoms with Crippen LogP contribution in [0, 0.1) is 0 Å². The van der Waals surface area contributed by atoms with Crippen molar-refractivity contribution in [3.63, 3.8) is 0 Å². The summed E-state index contributed by atoms with van der Waals surface area (Å²) in [4.78, 5) is 23.1. The molecule has 0 N–H and O–H groups in total. The van der Waals surface area contributed by atoms with Gasteiger partial charge in [0.25, 0.3) is 0 Å². The van der Waals surface area contributed by atoms with Crippen molar-refractivity contribution in [3.05, 3.63) is 0 Å². The van der Waals surface area contributed by atoms with Gasteiger partial charge in [0.2, 0.25) is 0 Å². The summed E-state index contributed by atoms with van der Waals surface area (Å²) in [6, 6.07) is 0. The fraction of sp³-hybridized carbons (Fsp3) is 1.00. The Labute approximate surface area is 127 Å². The molecule has 0 bridgehead atoms. The van der Waals surface area contributed by atoms with E-state index in [0.29, 0.717) is 12.3 Å². The van der Waals surface area contributed by atoms with Crippen molar-refractivity contribution in [2.75, 3.05) is 19.3 Å². The van der Waals surface area contributed by atoms with Crippen molar-refractivity contribution >= 4 is 19.4 Å². The number of hydrogen-bond donors (Lipinski definition) is 0. The maximum Gasteiger partial charge on any atom is 1.00 e. The summed E-state index contributed by atoms with van der Waals surface area (Å²) < 4.78 is 9.56. The van der Waals surface area contributed by atoms with Gasteiger partial charge in [0.05, 0.1) is 4.61 Å². The predicted molar refractivity (Wildman–Crippen MR) is 41.1 cm³/mol. The van der Waals surface area contributed by atoms with Crippen molar-refractivity contribution in [2.24, 2.45) is 0 Å². The van der Waals surface area contributed by atoms with Crippen molar-refractivity contribution in [1.29, 1.82) is 0 Å². The van der Waals surface area contributed by atoms with Crippen molar-refractivity contribution in [2.45, 2.75) is 11.5 Å². The molecule has 1 aliphatic heterocycles. The zero-order valence-electron chi connectivity index (χ0n) is 8.44. The van der Waals surface area contributed by atoms with Gasteiger partial charge in [0.1, 0.15) is 0 Å². The minimum Gasteiger partial charge on any atom is -0.809 e. The monoisotopic (exact) mass is 241 g/mol. The van der Waals surface area contributed by atoms with Crippen molar-refractivity contribution < 1.29 is 73.5 Å². The Morgan fingerprint density at radius 1 is 1.46 bits per heavy atom. The molecule has 66 valence electrons. The molecule has 1 aliphatic rings. The summed E-state index contributed by atoms with van der Waals surface area (Å²) in [5, 5.41) is 0. The van der Waals surface area contributed by atoms with Crippen molar-refractivity contribution in [1.82, 2.24) is 4.90 Å². The standard InChI is InChI=1S/C5H12NO3PS.2Na/c1-5(10(7,8)9)6(2)3-4-11-5;;/h3-4H2,1-2H3,(H2,7,8,9);;/q;2*+1/p-2. The molecule has 0 aromatic carbocycles. The van der Waals surface area contributed by atoms with Gasteiger partial charge in [-0.1, -0.05) is 0 Å². The van der Waals surface area contributed by atoms with Crippen LogP contribution in [0.1, 0.15) is 6.92 Å². The fourth-order valence-electron chi connectivity index (χ4n) is 0.982. The van der Waals surface area contributed by atoms with Gasteiger partial charge < -0.3 is 14.4 Å². The van der Waals surface area contributed by atoms with E-state index >= 15 is 0 Å². The van der Waals surface area contributed by atoms with E-state index in [9.17, 15) is 14.4 Å². The summed E-state index contributed by atoms with van der Waals surface area (Å²) >= 11 is 1.20. The first-order chi connectivity index (χ1) is 4.88. The van der Waals surface area contributed by atoms with Crippen LogP contribution in [0.2, 0.25) is 0 Å². The molecule has 0 amide bonds. The van der Waals surface area contributed by atoms with Gasteiger partial charge in [0.15, 0.2) is 0 Å². The zero-order chi connectivity index (χ0) is 8.70. The SMILES string of the molecule is CN1CCSC1(C)P(=O)([O-])[O-].[Na+].[Na+]. The van der Waals surface area contributed by atoms with E-state index in [1.807, 2.05) is 0 Å². The van der Waals surface area contributed by atoms with Crippen LogP contribution >= 0.6 is 19.4 Å². The third kappa shape index (κ3) is 3.75. The molecule has 1 rings (SSSR count). The number of hydrogen-bond acceptors (Lipinski definition) is 5. The zero-order valence-corrected chi connectivity index (χ0v) is 14.2. The van der Waals surface area contributed by atoms with E-state index in [2.05, 4.69) is 0 Å². The minimum absolute atomic E-state index is 0. The Balaban J connectivity index is 0. The van der Waals surface area contributed by atoms with E-state index in [1.54, 1.807) is 11.9 Å². The first-order valence-corrected chi connectivity index (χ1v) is 5.78. The van der Waals surface area contributed by atoms with Crippen LogP contribution in [0.3, 0.4) is 0 Å². The Hall–Kier alpha value is 2.46. The molecule has 0 aromatic rings. The summed E-state index contributed by atoms with van der Waals surface area (Å²) in [7, 11) is -2.84. The molecule has 1 fully saturated rings. The van der Waals surface area contributed by atoms with Gasteiger partial charge in [0, 0.05) is 12.3 Å². The van der Waals surface area contributed by atoms with Gasteiger partial charge in [-0.25, -0.2) is 0 Å².